The van der Waals surface area contributed by atoms with Crippen molar-refractivity contribution >= 4 is 99.3 Å². The number of Topliss-reactive ketones (excluding diaryl/α,β-unsaturated/α-hetero) is 2. The zero-order chi connectivity index (χ0) is 104. The van der Waals surface area contributed by atoms with E-state index in [1.54, 1.807) is 72.6 Å². The van der Waals surface area contributed by atoms with E-state index < -0.39 is 144 Å². The van der Waals surface area contributed by atoms with Crippen molar-refractivity contribution in [1.29, 1.82) is 0 Å². The van der Waals surface area contributed by atoms with Gasteiger partial charge < -0.3 is 108 Å². The van der Waals surface area contributed by atoms with E-state index in [0.29, 0.717) is 147 Å². The lowest BCUT2D eigenvalue weighted by atomic mass is 9.95. The van der Waals surface area contributed by atoms with E-state index in [2.05, 4.69) is 61.9 Å². The number of carbonyl (C=O) groups is 15. The van der Waals surface area contributed by atoms with Gasteiger partial charge in [-0.15, -0.1) is 0 Å². The Hall–Kier alpha value is -11.6. The summed E-state index contributed by atoms with van der Waals surface area (Å²) in [6.07, 6.45) is 19.4. The molecule has 804 valence electrons. The molecule has 0 radical (unpaired) electrons. The van der Waals surface area contributed by atoms with Gasteiger partial charge in [-0.3, -0.25) is 71.9 Å². The Bertz CT molecular complexity index is 5110. The van der Waals surface area contributed by atoms with E-state index in [9.17, 15) is 48.3 Å². The number of halogens is 1. The third kappa shape index (κ3) is 38.9. The maximum Gasteiger partial charge on any atom is 0.303 e. The van der Waals surface area contributed by atoms with Gasteiger partial charge in [0.1, 0.15) is 78.4 Å². The van der Waals surface area contributed by atoms with E-state index in [4.69, 9.17) is 24.1 Å². The number of hydrogen-bond acceptors (Lipinski definition) is 20. The predicted molar refractivity (Wildman–Crippen MR) is 550 cm³/mol. The summed E-state index contributed by atoms with van der Waals surface area (Å²) in [4.78, 5) is 221. The van der Waals surface area contributed by atoms with Gasteiger partial charge in [0.15, 0.2) is 5.78 Å². The highest BCUT2D eigenvalue weighted by atomic mass is 19.1. The lowest BCUT2D eigenvalue weighted by molar-refractivity contribution is -0.890. The van der Waals surface area contributed by atoms with Gasteiger partial charge in [0.25, 0.3) is 0 Å². The number of carbonyl (C=O) groups excluding carboxylic acids is 14. The number of quaternary nitrogens is 1. The zero-order valence-electron chi connectivity index (χ0n) is 87.0. The summed E-state index contributed by atoms with van der Waals surface area (Å²) in [6, 6.07) is 14.0. The van der Waals surface area contributed by atoms with Crippen LogP contribution in [0.15, 0.2) is 97.2 Å². The third-order valence-corrected chi connectivity index (χ3v) is 28.4. The molecule has 0 saturated carbocycles. The van der Waals surface area contributed by atoms with Crippen LogP contribution in [0.25, 0.3) is 10.9 Å². The smallest absolute Gasteiger partial charge is 0.303 e. The Morgan fingerprint density at radius 2 is 1.23 bits per heavy atom. The number of aromatic nitrogens is 1. The number of rotatable bonds is 42. The normalized spacial score (nSPS) is 21.7. The van der Waals surface area contributed by atoms with Gasteiger partial charge >= 0.3 is 5.97 Å². The van der Waals surface area contributed by atoms with Crippen molar-refractivity contribution in [2.24, 2.45) is 0 Å². The van der Waals surface area contributed by atoms with E-state index >= 15 is 33.2 Å². The number of methoxy groups -OCH3 is 1. The number of carboxylic acids is 1. The topological polar surface area (TPSA) is 456 Å². The van der Waals surface area contributed by atoms with Crippen molar-refractivity contribution < 1.29 is 110 Å². The SMILES string of the molecule is COc1ccc(C[C@@H]2NC(=O)[C@H]([C@@H](C)O)NC(=O)[C@@H]3[C@@H]4CCN3C(=O)[C@@H]3Cc5cn(c6ccc(F)cc56)CCCCCCN(Cc5ccc(cc5)CCNC(=O)[C@]5(C)CCCN5C2=O)C(=O)CCC(=O)N[C@@H](C)C(=O)N[C@H](CCC(=O)CCCCC[N+](C)(C)CCCC(=O)COCCOCCNC(=O)CCCCCCCCCCCCCCCCC(=O)O)C(=O)N[C@@H](Cc2cccc(c2)CNC(=O)CO4)C(=O)N3)cc1.[CH3-]. The first kappa shape index (κ1) is 118. The summed E-state index contributed by atoms with van der Waals surface area (Å²) in [5, 5.41) is 46.4. The molecule has 6 aliphatic rings. The fourth-order valence-electron chi connectivity index (χ4n) is 19.8. The van der Waals surface area contributed by atoms with Crippen LogP contribution in [-0.4, -0.2) is 282 Å². The number of benzene rings is 4. The van der Waals surface area contributed by atoms with Gasteiger partial charge in [-0.1, -0.05) is 151 Å². The molecule has 4 aromatic carbocycles. The lowest BCUT2D eigenvalue weighted by Gasteiger charge is -2.37. The molecular weight excluding hydrogens is 1870 g/mol. The summed E-state index contributed by atoms with van der Waals surface area (Å²) >= 11 is 0. The van der Waals surface area contributed by atoms with Crippen molar-refractivity contribution in [3.8, 4) is 5.75 Å². The first-order valence-corrected chi connectivity index (χ1v) is 52.8. The molecule has 0 spiro atoms. The molecule has 5 aromatic rings. The molecule has 12 bridgehead atoms. The first-order chi connectivity index (χ1) is 69.7. The minimum atomic E-state index is -1.87. The molecule has 2 saturated heterocycles. The second kappa shape index (κ2) is 61.2. The maximum absolute atomic E-state index is 16.4. The van der Waals surface area contributed by atoms with Crippen LogP contribution in [0.2, 0.25) is 0 Å². The second-order valence-electron chi connectivity index (χ2n) is 40.6. The van der Waals surface area contributed by atoms with Crippen LogP contribution in [0.3, 0.4) is 0 Å². The van der Waals surface area contributed by atoms with Gasteiger partial charge in [0.2, 0.25) is 70.9 Å². The number of fused-ring (bicyclic) bond motifs is 16. The van der Waals surface area contributed by atoms with Crippen molar-refractivity contribution in [3.63, 3.8) is 0 Å². The van der Waals surface area contributed by atoms with Gasteiger partial charge in [-0.2, -0.15) is 0 Å². The number of ketones is 2. The van der Waals surface area contributed by atoms with Crippen LogP contribution < -0.4 is 52.6 Å². The van der Waals surface area contributed by atoms with Crippen LogP contribution in [0, 0.1) is 13.2 Å². The number of aliphatic hydroxyl groups is 1. The van der Waals surface area contributed by atoms with Crippen molar-refractivity contribution in [2.75, 3.05) is 100 Å². The van der Waals surface area contributed by atoms with E-state index in [0.717, 1.165) is 67.5 Å². The van der Waals surface area contributed by atoms with Gasteiger partial charge in [-0.25, -0.2) is 4.39 Å². The van der Waals surface area contributed by atoms with Crippen molar-refractivity contribution in [2.45, 2.75) is 338 Å². The van der Waals surface area contributed by atoms with Gasteiger partial charge in [0, 0.05) is 140 Å². The summed E-state index contributed by atoms with van der Waals surface area (Å²) in [5.74, 6) is -9.63. The first-order valence-electron chi connectivity index (χ1n) is 52.8. The maximum atomic E-state index is 16.4. The highest BCUT2D eigenvalue weighted by Gasteiger charge is 2.50. The van der Waals surface area contributed by atoms with Crippen LogP contribution in [-0.2, 0) is 131 Å². The minimum absolute atomic E-state index is 0. The molecule has 0 unspecified atom stereocenters. The van der Waals surface area contributed by atoms with Crippen LogP contribution >= 0.6 is 0 Å². The van der Waals surface area contributed by atoms with Gasteiger partial charge in [-0.05, 0) is 162 Å². The number of aliphatic carboxylic acids is 1. The average molecular weight is 2030 g/mol. The number of hydrogen-bond donors (Lipinski definition) is 11. The van der Waals surface area contributed by atoms with E-state index in [1.807, 2.05) is 28.8 Å². The Morgan fingerprint density at radius 1 is 0.582 bits per heavy atom. The fourth-order valence-corrected chi connectivity index (χ4v) is 19.8. The second-order valence-corrected chi connectivity index (χ2v) is 40.6. The molecule has 11 rings (SSSR count). The molecule has 1 aromatic heterocycles. The van der Waals surface area contributed by atoms with E-state index in [1.165, 1.54) is 89.4 Å². The molecule has 146 heavy (non-hydrogen) atoms. The number of amides is 12. The molecule has 7 heterocycles. The average Bonchev–Trinajstić information content (AvgIpc) is 1.60. The molecule has 35 nitrogen and oxygen atoms in total. The molecule has 12 amide bonds. The molecule has 6 aliphatic heterocycles. The number of ether oxygens (including phenoxy) is 4. The van der Waals surface area contributed by atoms with Crippen LogP contribution in [0.1, 0.15) is 266 Å². The minimum Gasteiger partial charge on any atom is -0.497 e. The Kier molecular flexibility index (Phi) is 49.5. The molecule has 10 atom stereocenters. The Balaban J connectivity index is 0.0000237. The van der Waals surface area contributed by atoms with Crippen molar-refractivity contribution in [1.82, 2.24) is 67.1 Å². The molecule has 11 N–H and O–H groups in total. The number of carboxylic acid groups (broad SMARTS) is 1. The summed E-state index contributed by atoms with van der Waals surface area (Å²) in [6.45, 7) is 7.01. The van der Waals surface area contributed by atoms with Crippen LogP contribution in [0.5, 0.6) is 5.75 Å². The molecule has 2 fully saturated rings. The number of unbranched alkanes of at least 4 members (excludes halogenated alkanes) is 15. The van der Waals surface area contributed by atoms with Gasteiger partial charge in [0.05, 0.1) is 66.3 Å². The quantitative estimate of drug-likeness (QED) is 0.00983. The monoisotopic (exact) mass is 2030 g/mol. The fraction of sp³-hybridized carbons (Fsp3) is 0.618. The zero-order valence-corrected chi connectivity index (χ0v) is 87.0. The summed E-state index contributed by atoms with van der Waals surface area (Å²) in [5.41, 5.74) is 2.67. The Morgan fingerprint density at radius 3 is 1.93 bits per heavy atom. The molecule has 36 heteroatoms. The molecule has 0 aliphatic carbocycles. The number of nitrogens with one attached hydrogen (secondary N) is 9. The lowest BCUT2D eigenvalue weighted by Crippen LogP contribution is -2.64. The van der Waals surface area contributed by atoms with Crippen LogP contribution in [0.4, 0.5) is 4.39 Å². The highest BCUT2D eigenvalue weighted by molar-refractivity contribution is 6.00. The Labute approximate surface area is 859 Å². The van der Waals surface area contributed by atoms with E-state index in [-0.39, 0.29) is 148 Å². The summed E-state index contributed by atoms with van der Waals surface area (Å²) in [7, 11) is 5.64. The summed E-state index contributed by atoms with van der Waals surface area (Å²) < 4.78 is 41.5. The number of aliphatic hydroxyl groups excluding tert-OH is 1. The predicted octanol–water partition coefficient (Wildman–Crippen LogP) is 9.44. The third-order valence-electron chi connectivity index (χ3n) is 28.4. The highest BCUT2D eigenvalue weighted by Crippen LogP contribution is 2.33. The standard InChI is InChI=1S/C109H157FN14O21.CH3/c1-75-101(134)115-88(47-44-84(126)33-22-21-27-60-124(4,5)61-29-34-85(127)73-144-64-63-143-62-55-111-94(128)35-23-17-15-13-11-9-7-8-10-12-14-16-18-24-36-98(132)133)102(135)116-89-67-80-31-28-32-81(65-80)70-113-96(130)74-145-93-52-59-122-100(93)105(138)119-99(76(2)125)104(137)118-90(66-78-41-45-86(142-6)46-42-78)107(140)123-58-30-53-109(123,3)108(141)112-54-51-77-37-39-79(40-38-77)71-121(97(131)50-49-95(129)114-75)57-26-20-19-25-56-120-72-82(68-91(106(122)139)117-103(89)136)87-69-83(110)43-48-92(87)120;/h28,31-32,37-43,45-46,48,65,69,72,75-76,88-91,93,99-100,125H,7-27,29-30,33-36,44,47,49-64,66-68,70-71,73-74H2,1-6H3,(H9-,111,112,113,114,115,116,117,118,119,128,129,130,132,133,134,135,136,137,138,141);1H3/q;-1/p+1/t75-,76+,88+,89-,90-,91-,93-,99-,100-,109-;/m0./s1. The largest absolute Gasteiger partial charge is 0.497 e. The number of aryl methyl sites for hydroxylation is 1. The molecular formula is C110H161FN14O21. The number of nitrogens with zero attached hydrogens (tertiary/aromatic N) is 5. The van der Waals surface area contributed by atoms with Crippen molar-refractivity contribution in [3.05, 3.63) is 144 Å².